The molecule has 154 valence electrons. The van der Waals surface area contributed by atoms with Crippen LogP contribution in [0.5, 0.6) is 0 Å². The summed E-state index contributed by atoms with van der Waals surface area (Å²) < 4.78 is 130. The maximum atomic E-state index is 14.7. The van der Waals surface area contributed by atoms with E-state index in [1.165, 1.54) is 0 Å². The first-order valence-electron chi connectivity index (χ1n) is 7.34. The third-order valence-corrected chi connectivity index (χ3v) is 5.06. The Bertz CT molecular complexity index is 990. The van der Waals surface area contributed by atoms with Crippen molar-refractivity contribution in [3.63, 3.8) is 0 Å². The van der Waals surface area contributed by atoms with Gasteiger partial charge in [-0.15, -0.1) is 0 Å². The van der Waals surface area contributed by atoms with Gasteiger partial charge < -0.3 is 0 Å². The Morgan fingerprint density at radius 2 is 1.25 bits per heavy atom. The maximum Gasteiger partial charge on any atom is 0.361 e. The Hall–Kier alpha value is -2.41. The second kappa shape index (κ2) is 4.95. The highest BCUT2D eigenvalue weighted by molar-refractivity contribution is 5.36. The van der Waals surface area contributed by atoms with Crippen LogP contribution in [0, 0.1) is 21.3 Å². The summed E-state index contributed by atoms with van der Waals surface area (Å²) in [6.45, 7) is -0.375. The number of nitro groups is 1. The Labute approximate surface area is 148 Å². The summed E-state index contributed by atoms with van der Waals surface area (Å²) in [5.74, 6) is -25.5. The molecule has 0 N–H and O–H groups in total. The molecule has 3 rings (SSSR count). The average molecular weight is 421 g/mol. The molecule has 5 nitrogen and oxygen atoms in total. The molecule has 14 heteroatoms. The standard InChI is InChI=1S/C14H8F9N3O2/c1-9(2)10(16,17)12(20,21)14(13(22,23)11(9,18)19)24-7-5(15)3-4-6(26(27)28)8(7)25-14/h3-4H,1-2H3. The van der Waals surface area contributed by atoms with Crippen LogP contribution >= 0.6 is 0 Å². The highest BCUT2D eigenvalue weighted by Crippen LogP contribution is 2.71. The lowest BCUT2D eigenvalue weighted by molar-refractivity contribution is -0.433. The molecule has 0 saturated heterocycles. The van der Waals surface area contributed by atoms with Crippen molar-refractivity contribution >= 4 is 5.69 Å². The number of nitrogens with zero attached hydrogens (tertiary/aromatic N) is 3. The van der Waals surface area contributed by atoms with Crippen molar-refractivity contribution in [1.29, 1.82) is 0 Å². The van der Waals surface area contributed by atoms with Gasteiger partial charge in [0, 0.05) is 6.07 Å². The van der Waals surface area contributed by atoms with E-state index in [9.17, 15) is 49.6 Å². The molecule has 1 aliphatic heterocycles. The van der Waals surface area contributed by atoms with Gasteiger partial charge in [0.15, 0.2) is 11.2 Å². The summed E-state index contributed by atoms with van der Waals surface area (Å²) in [7, 11) is 0. The summed E-state index contributed by atoms with van der Waals surface area (Å²) >= 11 is 0. The lowest BCUT2D eigenvalue weighted by Crippen LogP contribution is -2.82. The quantitative estimate of drug-likeness (QED) is 0.397. The molecule has 2 aliphatic rings. The molecule has 0 bridgehead atoms. The fourth-order valence-electron chi connectivity index (χ4n) is 3.15. The van der Waals surface area contributed by atoms with Gasteiger partial charge >= 0.3 is 23.7 Å². The second-order valence-electron chi connectivity index (χ2n) is 6.84. The van der Waals surface area contributed by atoms with Gasteiger partial charge in [-0.1, -0.05) is 0 Å². The number of nitro benzene ring substituents is 1. The molecule has 1 spiro atoms. The van der Waals surface area contributed by atoms with E-state index >= 15 is 0 Å². The molecule has 1 aromatic rings. The SMILES string of the molecule is CC1(C)C(F)(F)C(F)(F)C2(N=c3c(F)ccc([N+](=O)[O-])c3=N2)C(F)(F)C1(F)F. The van der Waals surface area contributed by atoms with Crippen LogP contribution in [0.2, 0.25) is 0 Å². The van der Waals surface area contributed by atoms with E-state index in [2.05, 4.69) is 9.98 Å². The predicted molar refractivity (Wildman–Crippen MR) is 71.7 cm³/mol. The molecule has 0 aromatic heterocycles. The monoisotopic (exact) mass is 421 g/mol. The average Bonchev–Trinajstić information content (AvgIpc) is 2.96. The number of hydrogen-bond donors (Lipinski definition) is 0. The lowest BCUT2D eigenvalue weighted by Gasteiger charge is -2.56. The molecular weight excluding hydrogens is 413 g/mol. The predicted octanol–water partition coefficient (Wildman–Crippen LogP) is 3.26. The topological polar surface area (TPSA) is 67.9 Å². The van der Waals surface area contributed by atoms with Crippen LogP contribution in [0.3, 0.4) is 0 Å². The van der Waals surface area contributed by atoms with E-state index in [0.29, 0.717) is 6.07 Å². The van der Waals surface area contributed by atoms with Crippen LogP contribution in [0.4, 0.5) is 45.2 Å². The molecule has 1 saturated carbocycles. The molecule has 0 amide bonds. The summed E-state index contributed by atoms with van der Waals surface area (Å²) in [6, 6.07) is 0.583. The first-order chi connectivity index (χ1) is 12.4. The Morgan fingerprint density at radius 3 is 1.68 bits per heavy atom. The van der Waals surface area contributed by atoms with Crippen LogP contribution in [0.15, 0.2) is 22.1 Å². The van der Waals surface area contributed by atoms with E-state index in [0.717, 1.165) is 0 Å². The summed E-state index contributed by atoms with van der Waals surface area (Å²) in [6.07, 6.45) is 0. The van der Waals surface area contributed by atoms with Crippen molar-refractivity contribution in [2.24, 2.45) is 15.4 Å². The minimum absolute atomic E-state index is 0.188. The highest BCUT2D eigenvalue weighted by Gasteiger charge is 2.96. The van der Waals surface area contributed by atoms with Gasteiger partial charge in [-0.3, -0.25) is 10.1 Å². The largest absolute Gasteiger partial charge is 0.361 e. The number of alkyl halides is 8. The van der Waals surface area contributed by atoms with Gasteiger partial charge in [0.1, 0.15) is 10.8 Å². The molecule has 1 fully saturated rings. The fourth-order valence-corrected chi connectivity index (χ4v) is 3.15. The molecule has 28 heavy (non-hydrogen) atoms. The molecule has 1 heterocycles. The summed E-state index contributed by atoms with van der Waals surface area (Å²) in [5.41, 5.74) is -10.8. The molecule has 0 unspecified atom stereocenters. The normalized spacial score (nSPS) is 26.8. The Balaban J connectivity index is 2.53. The van der Waals surface area contributed by atoms with E-state index in [1.807, 2.05) is 0 Å². The number of fused-ring (bicyclic) bond motifs is 1. The van der Waals surface area contributed by atoms with Gasteiger partial charge in [-0.2, -0.15) is 35.1 Å². The first kappa shape index (κ1) is 20.3. The molecule has 1 aromatic carbocycles. The second-order valence-corrected chi connectivity index (χ2v) is 6.84. The zero-order valence-corrected chi connectivity index (χ0v) is 13.7. The van der Waals surface area contributed by atoms with Crippen LogP contribution < -0.4 is 10.7 Å². The van der Waals surface area contributed by atoms with Crippen LogP contribution in [0.1, 0.15) is 13.8 Å². The fraction of sp³-hybridized carbons (Fsp3) is 0.571. The van der Waals surface area contributed by atoms with Crippen LogP contribution in [0.25, 0.3) is 0 Å². The van der Waals surface area contributed by atoms with Gasteiger partial charge in [-0.05, 0) is 19.9 Å². The Morgan fingerprint density at radius 1 is 0.821 bits per heavy atom. The number of benzene rings is 1. The first-order valence-corrected chi connectivity index (χ1v) is 7.34. The molecule has 0 radical (unpaired) electrons. The minimum atomic E-state index is -6.06. The summed E-state index contributed by atoms with van der Waals surface area (Å²) in [5, 5.41) is 7.76. The van der Waals surface area contributed by atoms with Gasteiger partial charge in [0.25, 0.3) is 11.4 Å². The number of halogens is 9. The van der Waals surface area contributed by atoms with Crippen molar-refractivity contribution in [2.45, 2.75) is 43.2 Å². The van der Waals surface area contributed by atoms with E-state index in [-0.39, 0.29) is 19.9 Å². The zero-order chi connectivity index (χ0) is 21.7. The van der Waals surface area contributed by atoms with Crippen LogP contribution in [-0.4, -0.2) is 34.3 Å². The Kier molecular flexibility index (Phi) is 3.59. The number of hydrogen-bond acceptors (Lipinski definition) is 4. The smallest absolute Gasteiger partial charge is 0.258 e. The lowest BCUT2D eigenvalue weighted by atomic mass is 9.62. The van der Waals surface area contributed by atoms with Crippen LogP contribution in [-0.2, 0) is 0 Å². The molecular formula is C14H8F9N3O2. The van der Waals surface area contributed by atoms with E-state index in [1.54, 1.807) is 0 Å². The van der Waals surface area contributed by atoms with E-state index < -0.39 is 61.9 Å². The van der Waals surface area contributed by atoms with E-state index in [4.69, 9.17) is 0 Å². The van der Waals surface area contributed by atoms with Crippen molar-refractivity contribution in [2.75, 3.05) is 0 Å². The number of rotatable bonds is 1. The number of non-ortho nitro benzene ring substituents is 1. The molecule has 0 atom stereocenters. The van der Waals surface area contributed by atoms with Crippen molar-refractivity contribution in [3.05, 3.63) is 38.8 Å². The molecule has 1 aliphatic carbocycles. The third kappa shape index (κ3) is 1.76. The highest BCUT2D eigenvalue weighted by atomic mass is 19.3. The van der Waals surface area contributed by atoms with Crippen molar-refractivity contribution < 1.29 is 44.4 Å². The van der Waals surface area contributed by atoms with Crippen molar-refractivity contribution in [3.8, 4) is 0 Å². The zero-order valence-electron chi connectivity index (χ0n) is 13.7. The van der Waals surface area contributed by atoms with Gasteiger partial charge in [-0.25, -0.2) is 14.4 Å². The third-order valence-electron chi connectivity index (χ3n) is 5.06. The van der Waals surface area contributed by atoms with Gasteiger partial charge in [0.05, 0.1) is 4.92 Å². The summed E-state index contributed by atoms with van der Waals surface area (Å²) in [4.78, 5) is 14.5. The van der Waals surface area contributed by atoms with Crippen molar-refractivity contribution in [1.82, 2.24) is 0 Å². The van der Waals surface area contributed by atoms with Gasteiger partial charge in [0.2, 0.25) is 0 Å². The minimum Gasteiger partial charge on any atom is -0.258 e. The maximum absolute atomic E-state index is 14.7.